The van der Waals surface area contributed by atoms with Crippen molar-refractivity contribution in [1.29, 1.82) is 0 Å². The molecule has 0 aliphatic heterocycles. The molecule has 0 bridgehead atoms. The fourth-order valence-corrected chi connectivity index (χ4v) is 4.78. The second kappa shape index (κ2) is 6.21. The Kier molecular flexibility index (Phi) is 4.88. The first kappa shape index (κ1) is 13.4. The van der Waals surface area contributed by atoms with Crippen LogP contribution in [0.1, 0.15) is 54.2 Å². The predicted molar refractivity (Wildman–Crippen MR) is 77.9 cm³/mol. The SMILES string of the molecule is CNC(C)c1sc(CSC2CCCC2)nc1C. The van der Waals surface area contributed by atoms with Crippen molar-refractivity contribution in [3.63, 3.8) is 0 Å². The molecule has 4 heteroatoms. The molecule has 0 saturated heterocycles. The van der Waals surface area contributed by atoms with Crippen molar-refractivity contribution in [2.45, 2.75) is 56.6 Å². The molecule has 2 nitrogen and oxygen atoms in total. The lowest BCUT2D eigenvalue weighted by Gasteiger charge is -2.07. The lowest BCUT2D eigenvalue weighted by Crippen LogP contribution is -2.11. The molecule has 17 heavy (non-hydrogen) atoms. The standard InChI is InChI=1S/C13H22N2S2/c1-9(14-3)13-10(2)15-12(17-13)8-16-11-6-4-5-7-11/h9,11,14H,4-8H2,1-3H3. The highest BCUT2D eigenvalue weighted by atomic mass is 32.2. The minimum Gasteiger partial charge on any atom is -0.312 e. The summed E-state index contributed by atoms with van der Waals surface area (Å²) in [6.45, 7) is 4.33. The summed E-state index contributed by atoms with van der Waals surface area (Å²) in [4.78, 5) is 6.10. The number of hydrogen-bond donors (Lipinski definition) is 1. The molecule has 96 valence electrons. The van der Waals surface area contributed by atoms with Gasteiger partial charge in [0.15, 0.2) is 0 Å². The quantitative estimate of drug-likeness (QED) is 0.878. The van der Waals surface area contributed by atoms with E-state index < -0.39 is 0 Å². The zero-order valence-electron chi connectivity index (χ0n) is 11.0. The van der Waals surface area contributed by atoms with Crippen LogP contribution in [0, 0.1) is 6.92 Å². The lowest BCUT2D eigenvalue weighted by atomic mass is 10.2. The highest BCUT2D eigenvalue weighted by Crippen LogP contribution is 2.33. The minimum absolute atomic E-state index is 0.428. The van der Waals surface area contributed by atoms with E-state index in [2.05, 4.69) is 30.9 Å². The number of aromatic nitrogens is 1. The smallest absolute Gasteiger partial charge is 0.103 e. The highest BCUT2D eigenvalue weighted by Gasteiger charge is 2.17. The number of aryl methyl sites for hydroxylation is 1. The maximum absolute atomic E-state index is 4.70. The van der Waals surface area contributed by atoms with Gasteiger partial charge in [-0.05, 0) is 33.7 Å². The van der Waals surface area contributed by atoms with E-state index in [1.165, 1.54) is 41.3 Å². The summed E-state index contributed by atoms with van der Waals surface area (Å²) in [5.41, 5.74) is 1.21. The average molecular weight is 270 g/mol. The summed E-state index contributed by atoms with van der Waals surface area (Å²) in [5.74, 6) is 1.10. The third kappa shape index (κ3) is 3.46. The molecule has 0 aromatic carbocycles. The first-order valence-corrected chi connectivity index (χ1v) is 8.32. The summed E-state index contributed by atoms with van der Waals surface area (Å²) in [7, 11) is 2.01. The third-order valence-electron chi connectivity index (χ3n) is 3.45. The van der Waals surface area contributed by atoms with Gasteiger partial charge in [0.05, 0.1) is 5.69 Å². The Balaban J connectivity index is 1.92. The Hall–Kier alpha value is -0.0600. The summed E-state index contributed by atoms with van der Waals surface area (Å²) >= 11 is 3.99. The van der Waals surface area contributed by atoms with Gasteiger partial charge < -0.3 is 5.32 Å². The molecule has 1 aliphatic rings. The van der Waals surface area contributed by atoms with Gasteiger partial charge in [0.1, 0.15) is 5.01 Å². The van der Waals surface area contributed by atoms with E-state index in [0.29, 0.717) is 6.04 Å². The van der Waals surface area contributed by atoms with Crippen LogP contribution in [0.3, 0.4) is 0 Å². The van der Waals surface area contributed by atoms with Crippen LogP contribution >= 0.6 is 23.1 Å². The first-order valence-electron chi connectivity index (χ1n) is 6.45. The van der Waals surface area contributed by atoms with Gasteiger partial charge >= 0.3 is 0 Å². The summed E-state index contributed by atoms with van der Waals surface area (Å²) in [6, 6.07) is 0.428. The van der Waals surface area contributed by atoms with E-state index in [1.807, 2.05) is 18.4 Å². The summed E-state index contributed by atoms with van der Waals surface area (Å²) in [6.07, 6.45) is 5.68. The van der Waals surface area contributed by atoms with Crippen LogP contribution < -0.4 is 5.32 Å². The second-order valence-electron chi connectivity index (χ2n) is 4.79. The van der Waals surface area contributed by atoms with Gasteiger partial charge in [-0.3, -0.25) is 0 Å². The van der Waals surface area contributed by atoms with Crippen molar-refractivity contribution < 1.29 is 0 Å². The maximum Gasteiger partial charge on any atom is 0.103 e. The molecule has 1 aliphatic carbocycles. The van der Waals surface area contributed by atoms with Crippen LogP contribution in [0.4, 0.5) is 0 Å². The molecule has 1 N–H and O–H groups in total. The third-order valence-corrected chi connectivity index (χ3v) is 6.35. The van der Waals surface area contributed by atoms with Crippen molar-refractivity contribution >= 4 is 23.1 Å². The monoisotopic (exact) mass is 270 g/mol. The number of nitrogens with one attached hydrogen (secondary N) is 1. The maximum atomic E-state index is 4.70. The number of thioether (sulfide) groups is 1. The van der Waals surface area contributed by atoms with Crippen molar-refractivity contribution in [2.75, 3.05) is 7.05 Å². The Morgan fingerprint density at radius 2 is 2.18 bits per heavy atom. The second-order valence-corrected chi connectivity index (χ2v) is 7.19. The fourth-order valence-electron chi connectivity index (χ4n) is 2.30. The molecule has 1 saturated carbocycles. The average Bonchev–Trinajstić information content (AvgIpc) is 2.94. The van der Waals surface area contributed by atoms with Crippen molar-refractivity contribution in [1.82, 2.24) is 10.3 Å². The largest absolute Gasteiger partial charge is 0.312 e. The van der Waals surface area contributed by atoms with E-state index in [-0.39, 0.29) is 0 Å². The Morgan fingerprint density at radius 3 is 2.82 bits per heavy atom. The fraction of sp³-hybridized carbons (Fsp3) is 0.769. The van der Waals surface area contributed by atoms with Crippen LogP contribution in [0.15, 0.2) is 0 Å². The summed E-state index contributed by atoms with van der Waals surface area (Å²) < 4.78 is 0. The van der Waals surface area contributed by atoms with Crippen molar-refractivity contribution in [3.8, 4) is 0 Å². The highest BCUT2D eigenvalue weighted by molar-refractivity contribution is 7.99. The van der Waals surface area contributed by atoms with Crippen molar-refractivity contribution in [2.24, 2.45) is 0 Å². The van der Waals surface area contributed by atoms with Gasteiger partial charge in [0, 0.05) is 21.9 Å². The number of rotatable bonds is 5. The van der Waals surface area contributed by atoms with Crippen molar-refractivity contribution in [3.05, 3.63) is 15.6 Å². The lowest BCUT2D eigenvalue weighted by molar-refractivity contribution is 0.658. The van der Waals surface area contributed by atoms with Gasteiger partial charge in [-0.1, -0.05) is 12.8 Å². The Morgan fingerprint density at radius 1 is 1.47 bits per heavy atom. The Labute approximate surface area is 113 Å². The zero-order valence-corrected chi connectivity index (χ0v) is 12.6. The van der Waals surface area contributed by atoms with Crippen LogP contribution in [0.25, 0.3) is 0 Å². The van der Waals surface area contributed by atoms with Crippen LogP contribution in [-0.2, 0) is 5.75 Å². The molecule has 1 unspecified atom stereocenters. The van der Waals surface area contributed by atoms with Gasteiger partial charge in [0.25, 0.3) is 0 Å². The molecule has 1 heterocycles. The van der Waals surface area contributed by atoms with E-state index in [0.717, 1.165) is 11.0 Å². The number of thiazole rings is 1. The van der Waals surface area contributed by atoms with Gasteiger partial charge in [-0.15, -0.1) is 11.3 Å². The van der Waals surface area contributed by atoms with E-state index in [9.17, 15) is 0 Å². The molecule has 1 aromatic heterocycles. The molecule has 0 amide bonds. The van der Waals surface area contributed by atoms with Gasteiger partial charge in [-0.25, -0.2) is 4.98 Å². The van der Waals surface area contributed by atoms with E-state index in [4.69, 9.17) is 4.98 Å². The molecule has 1 fully saturated rings. The first-order chi connectivity index (χ1) is 8.20. The van der Waals surface area contributed by atoms with E-state index in [1.54, 1.807) is 0 Å². The van der Waals surface area contributed by atoms with Gasteiger partial charge in [0.2, 0.25) is 0 Å². The van der Waals surface area contributed by atoms with Crippen LogP contribution in [-0.4, -0.2) is 17.3 Å². The van der Waals surface area contributed by atoms with Crippen LogP contribution in [0.5, 0.6) is 0 Å². The van der Waals surface area contributed by atoms with E-state index >= 15 is 0 Å². The summed E-state index contributed by atoms with van der Waals surface area (Å²) in [5, 5.41) is 5.49. The zero-order chi connectivity index (χ0) is 12.3. The molecular weight excluding hydrogens is 248 g/mol. The van der Waals surface area contributed by atoms with Gasteiger partial charge in [-0.2, -0.15) is 11.8 Å². The van der Waals surface area contributed by atoms with Crippen LogP contribution in [0.2, 0.25) is 0 Å². The number of hydrogen-bond acceptors (Lipinski definition) is 4. The Bertz CT molecular complexity index is 356. The molecular formula is C13H22N2S2. The topological polar surface area (TPSA) is 24.9 Å². The minimum atomic E-state index is 0.428. The molecule has 0 radical (unpaired) electrons. The normalized spacial score (nSPS) is 18.8. The molecule has 2 rings (SSSR count). The molecule has 1 aromatic rings. The number of nitrogens with zero attached hydrogens (tertiary/aromatic N) is 1. The molecule has 1 atom stereocenters. The predicted octanol–water partition coefficient (Wildman–Crippen LogP) is 3.91. The molecule has 0 spiro atoms.